The first-order valence-corrected chi connectivity index (χ1v) is 8.16. The van der Waals surface area contributed by atoms with Crippen molar-refractivity contribution in [2.75, 3.05) is 6.61 Å². The normalized spacial score (nSPS) is 10.4. The van der Waals surface area contributed by atoms with Gasteiger partial charge in [0.25, 0.3) is 0 Å². The molecule has 110 valence electrons. The van der Waals surface area contributed by atoms with Crippen molar-refractivity contribution in [3.05, 3.63) is 51.2 Å². The molecule has 1 aromatic carbocycles. The zero-order valence-corrected chi connectivity index (χ0v) is 14.4. The molecule has 0 aliphatic heterocycles. The summed E-state index contributed by atoms with van der Waals surface area (Å²) in [5, 5.41) is 0. The van der Waals surface area contributed by atoms with E-state index in [0.717, 1.165) is 29.8 Å². The molecule has 2 aromatic rings. The Balaban J connectivity index is 2.39. The van der Waals surface area contributed by atoms with Crippen LogP contribution in [0.4, 0.5) is 0 Å². The Morgan fingerprint density at radius 3 is 2.48 bits per heavy atom. The van der Waals surface area contributed by atoms with Crippen LogP contribution in [0.15, 0.2) is 36.4 Å². The highest BCUT2D eigenvalue weighted by atomic mass is 127. The van der Waals surface area contributed by atoms with Gasteiger partial charge in [-0.2, -0.15) is 0 Å². The van der Waals surface area contributed by atoms with Gasteiger partial charge in [-0.3, -0.25) is 4.98 Å². The fraction of sp³-hybridized carbons (Fsp3) is 0.294. The zero-order chi connectivity index (χ0) is 15.2. The van der Waals surface area contributed by atoms with Crippen LogP contribution in [0.2, 0.25) is 0 Å². The van der Waals surface area contributed by atoms with Gasteiger partial charge in [-0.05, 0) is 60.2 Å². The monoisotopic (exact) mass is 395 g/mol. The van der Waals surface area contributed by atoms with Crippen LogP contribution in [0.25, 0.3) is 11.3 Å². The molecule has 21 heavy (non-hydrogen) atoms. The summed E-state index contributed by atoms with van der Waals surface area (Å²) < 4.78 is 6.28. The van der Waals surface area contributed by atoms with Gasteiger partial charge in [0.15, 0.2) is 0 Å². The number of nitrogens with zero attached hydrogens (tertiary/aromatic N) is 1. The van der Waals surface area contributed by atoms with Gasteiger partial charge in [-0.25, -0.2) is 4.79 Å². The maximum atomic E-state index is 12.0. The van der Waals surface area contributed by atoms with Gasteiger partial charge >= 0.3 is 5.97 Å². The van der Waals surface area contributed by atoms with E-state index in [9.17, 15) is 4.79 Å². The lowest BCUT2D eigenvalue weighted by Crippen LogP contribution is -2.10. The fourth-order valence-corrected chi connectivity index (χ4v) is 2.46. The highest BCUT2D eigenvalue weighted by molar-refractivity contribution is 14.1. The van der Waals surface area contributed by atoms with E-state index in [4.69, 9.17) is 4.74 Å². The number of hydrogen-bond acceptors (Lipinski definition) is 3. The van der Waals surface area contributed by atoms with E-state index in [-0.39, 0.29) is 5.97 Å². The maximum Gasteiger partial charge on any atom is 0.339 e. The van der Waals surface area contributed by atoms with Crippen molar-refractivity contribution in [3.8, 4) is 11.3 Å². The Morgan fingerprint density at radius 2 is 1.86 bits per heavy atom. The van der Waals surface area contributed by atoms with E-state index in [2.05, 4.69) is 46.6 Å². The number of ether oxygens (including phenoxy) is 1. The summed E-state index contributed by atoms with van der Waals surface area (Å²) >= 11 is 2.28. The number of benzene rings is 1. The summed E-state index contributed by atoms with van der Waals surface area (Å²) in [5.41, 5.74) is 3.34. The molecule has 0 saturated heterocycles. The van der Waals surface area contributed by atoms with Crippen LogP contribution in [0.3, 0.4) is 0 Å². The van der Waals surface area contributed by atoms with Crippen molar-refractivity contribution in [2.45, 2.75) is 26.7 Å². The van der Waals surface area contributed by atoms with E-state index in [0.29, 0.717) is 12.2 Å². The summed E-state index contributed by atoms with van der Waals surface area (Å²) in [5.74, 6) is -0.289. The molecule has 0 saturated carbocycles. The number of aromatic nitrogens is 1. The van der Waals surface area contributed by atoms with Crippen LogP contribution in [0, 0.1) is 3.57 Å². The minimum atomic E-state index is -0.289. The van der Waals surface area contributed by atoms with Gasteiger partial charge in [-0.15, -0.1) is 0 Å². The second-order valence-corrected chi connectivity index (χ2v) is 5.91. The Morgan fingerprint density at radius 1 is 1.14 bits per heavy atom. The molecular formula is C17H18INO2. The lowest BCUT2D eigenvalue weighted by atomic mass is 10.1. The van der Waals surface area contributed by atoms with Crippen molar-refractivity contribution in [3.63, 3.8) is 0 Å². The molecule has 4 heteroatoms. The minimum Gasteiger partial charge on any atom is -0.462 e. The molecule has 0 atom stereocenters. The van der Waals surface area contributed by atoms with Crippen molar-refractivity contribution in [1.82, 2.24) is 4.98 Å². The lowest BCUT2D eigenvalue weighted by molar-refractivity contribution is 0.0524. The van der Waals surface area contributed by atoms with Crippen LogP contribution < -0.4 is 0 Å². The van der Waals surface area contributed by atoms with E-state index in [1.807, 2.05) is 31.2 Å². The minimum absolute atomic E-state index is 0.289. The van der Waals surface area contributed by atoms with Gasteiger partial charge in [0.1, 0.15) is 0 Å². The molecule has 1 aromatic heterocycles. The van der Waals surface area contributed by atoms with E-state index in [1.165, 1.54) is 3.57 Å². The SMILES string of the molecule is CCCc1nc(-c2ccc(I)cc2)ccc1C(=O)OCC. The Kier molecular flexibility index (Phi) is 5.73. The van der Waals surface area contributed by atoms with Gasteiger partial charge in [0.2, 0.25) is 0 Å². The maximum absolute atomic E-state index is 12.0. The number of rotatable bonds is 5. The van der Waals surface area contributed by atoms with Crippen molar-refractivity contribution < 1.29 is 9.53 Å². The van der Waals surface area contributed by atoms with Crippen molar-refractivity contribution >= 4 is 28.6 Å². The number of aryl methyl sites for hydroxylation is 1. The topological polar surface area (TPSA) is 39.2 Å². The van der Waals surface area contributed by atoms with Gasteiger partial charge < -0.3 is 4.74 Å². The first-order chi connectivity index (χ1) is 10.2. The highest BCUT2D eigenvalue weighted by Crippen LogP contribution is 2.21. The second kappa shape index (κ2) is 7.54. The van der Waals surface area contributed by atoms with Crippen LogP contribution in [-0.2, 0) is 11.2 Å². The second-order valence-electron chi connectivity index (χ2n) is 4.67. The number of esters is 1. The lowest BCUT2D eigenvalue weighted by Gasteiger charge is -2.10. The van der Waals surface area contributed by atoms with Crippen LogP contribution in [0.5, 0.6) is 0 Å². The molecule has 0 amide bonds. The molecule has 0 aliphatic carbocycles. The fourth-order valence-electron chi connectivity index (χ4n) is 2.10. The van der Waals surface area contributed by atoms with Crippen LogP contribution in [-0.4, -0.2) is 17.6 Å². The number of carbonyl (C=O) groups excluding carboxylic acids is 1. The molecule has 1 heterocycles. The molecule has 0 fully saturated rings. The van der Waals surface area contributed by atoms with Crippen molar-refractivity contribution in [1.29, 1.82) is 0 Å². The average Bonchev–Trinajstić information content (AvgIpc) is 2.48. The van der Waals surface area contributed by atoms with E-state index < -0.39 is 0 Å². The average molecular weight is 395 g/mol. The zero-order valence-electron chi connectivity index (χ0n) is 12.2. The molecule has 0 N–H and O–H groups in total. The summed E-state index contributed by atoms with van der Waals surface area (Å²) in [6.07, 6.45) is 1.71. The van der Waals surface area contributed by atoms with Crippen molar-refractivity contribution in [2.24, 2.45) is 0 Å². The largest absolute Gasteiger partial charge is 0.462 e. The quantitative estimate of drug-likeness (QED) is 0.554. The molecular weight excluding hydrogens is 377 g/mol. The predicted octanol–water partition coefficient (Wildman–Crippen LogP) is 4.48. The third kappa shape index (κ3) is 4.03. The van der Waals surface area contributed by atoms with Gasteiger partial charge in [0, 0.05) is 9.13 Å². The molecule has 0 radical (unpaired) electrons. The summed E-state index contributed by atoms with van der Waals surface area (Å²) in [6.45, 7) is 4.27. The number of pyridine rings is 1. The summed E-state index contributed by atoms with van der Waals surface area (Å²) in [4.78, 5) is 16.6. The number of carbonyl (C=O) groups is 1. The molecule has 0 bridgehead atoms. The van der Waals surface area contributed by atoms with Gasteiger partial charge in [-0.1, -0.05) is 25.5 Å². The molecule has 0 spiro atoms. The smallest absolute Gasteiger partial charge is 0.339 e. The summed E-state index contributed by atoms with van der Waals surface area (Å²) in [7, 11) is 0. The Hall–Kier alpha value is -1.43. The third-order valence-corrected chi connectivity index (χ3v) is 3.82. The molecule has 2 rings (SSSR count). The number of hydrogen-bond donors (Lipinski definition) is 0. The standard InChI is InChI=1S/C17H18INO2/c1-3-5-16-14(17(20)21-4-2)10-11-15(19-16)12-6-8-13(18)9-7-12/h6-11H,3-5H2,1-2H3. The third-order valence-electron chi connectivity index (χ3n) is 3.10. The van der Waals surface area contributed by atoms with E-state index >= 15 is 0 Å². The first-order valence-electron chi connectivity index (χ1n) is 7.08. The molecule has 0 aliphatic rings. The molecule has 0 unspecified atom stereocenters. The Bertz CT molecular complexity index is 623. The van der Waals surface area contributed by atoms with Crippen LogP contribution >= 0.6 is 22.6 Å². The Labute approximate surface area is 138 Å². The predicted molar refractivity (Wildman–Crippen MR) is 92.3 cm³/mol. The highest BCUT2D eigenvalue weighted by Gasteiger charge is 2.14. The van der Waals surface area contributed by atoms with Crippen LogP contribution in [0.1, 0.15) is 36.3 Å². The molecule has 3 nitrogen and oxygen atoms in total. The number of halogens is 1. The summed E-state index contributed by atoms with van der Waals surface area (Å²) in [6, 6.07) is 11.9. The van der Waals surface area contributed by atoms with Gasteiger partial charge in [0.05, 0.1) is 23.6 Å². The first kappa shape index (κ1) is 15.9. The van der Waals surface area contributed by atoms with E-state index in [1.54, 1.807) is 0 Å².